The Hall–Kier alpha value is -6.61. The molecule has 0 saturated heterocycles. The number of hydrogen-bond donors (Lipinski definition) is 0. The van der Waals surface area contributed by atoms with Crippen LogP contribution in [0.15, 0.2) is 142 Å². The molecule has 53 heavy (non-hydrogen) atoms. The third-order valence-electron chi connectivity index (χ3n) is 8.48. The number of aryl methyl sites for hydroxylation is 2. The van der Waals surface area contributed by atoms with Gasteiger partial charge in [0.2, 0.25) is 11.8 Å². The normalized spacial score (nSPS) is 10.9. The van der Waals surface area contributed by atoms with Crippen molar-refractivity contribution in [3.8, 4) is 40.2 Å². The van der Waals surface area contributed by atoms with E-state index in [4.69, 9.17) is 27.8 Å². The first-order valence-corrected chi connectivity index (χ1v) is 17.3. The van der Waals surface area contributed by atoms with Crippen molar-refractivity contribution in [3.63, 3.8) is 0 Å². The molecule has 0 saturated carbocycles. The number of ether oxygens (including phenoxy) is 4. The third kappa shape index (κ3) is 9.39. The summed E-state index contributed by atoms with van der Waals surface area (Å²) in [5.74, 6) is 4.34. The molecule has 7 rings (SSSR count). The van der Waals surface area contributed by atoms with Crippen LogP contribution in [0.2, 0.25) is 0 Å². The predicted molar refractivity (Wildman–Crippen MR) is 199 cm³/mol. The predicted octanol–water partition coefficient (Wildman–Crippen LogP) is 9.64. The van der Waals surface area contributed by atoms with Crippen molar-refractivity contribution in [3.05, 3.63) is 173 Å². The van der Waals surface area contributed by atoms with Gasteiger partial charge in [0.1, 0.15) is 66.6 Å². The lowest BCUT2D eigenvalue weighted by Crippen LogP contribution is -2.08. The number of esters is 1. The summed E-state index contributed by atoms with van der Waals surface area (Å²) in [5, 5.41) is 0. The molecule has 0 aliphatic heterocycles. The molecule has 5 aromatic carbocycles. The number of rotatable bonds is 15. The molecule has 0 fully saturated rings. The minimum absolute atomic E-state index is 0.129. The van der Waals surface area contributed by atoms with Crippen LogP contribution in [-0.2, 0) is 42.4 Å². The minimum Gasteiger partial charge on any atom is -0.489 e. The zero-order valence-electron chi connectivity index (χ0n) is 29.5. The van der Waals surface area contributed by atoms with Crippen molar-refractivity contribution in [2.45, 2.75) is 46.7 Å². The van der Waals surface area contributed by atoms with Crippen molar-refractivity contribution < 1.29 is 32.6 Å². The summed E-state index contributed by atoms with van der Waals surface area (Å²) in [5.41, 5.74) is 5.98. The van der Waals surface area contributed by atoms with Gasteiger partial charge in [-0.15, -0.1) is 0 Å². The second-order valence-electron chi connectivity index (χ2n) is 12.4. The largest absolute Gasteiger partial charge is 0.489 e. The average molecular weight is 707 g/mol. The Morgan fingerprint density at radius 2 is 1.00 bits per heavy atom. The first-order chi connectivity index (χ1) is 25.9. The van der Waals surface area contributed by atoms with Crippen molar-refractivity contribution in [1.82, 2.24) is 9.97 Å². The summed E-state index contributed by atoms with van der Waals surface area (Å²) in [6.45, 7) is 4.87. The highest BCUT2D eigenvalue weighted by Crippen LogP contribution is 2.25. The van der Waals surface area contributed by atoms with Gasteiger partial charge >= 0.3 is 5.97 Å². The van der Waals surface area contributed by atoms with E-state index in [0.29, 0.717) is 36.5 Å². The molecule has 0 bridgehead atoms. The van der Waals surface area contributed by atoms with Crippen LogP contribution in [0.3, 0.4) is 0 Å². The number of aromatic nitrogens is 2. The van der Waals surface area contributed by atoms with E-state index in [0.717, 1.165) is 56.5 Å². The summed E-state index contributed by atoms with van der Waals surface area (Å²) in [6.07, 6.45) is 0.129. The van der Waals surface area contributed by atoms with E-state index in [1.54, 1.807) is 0 Å². The first kappa shape index (κ1) is 34.8. The van der Waals surface area contributed by atoms with E-state index in [9.17, 15) is 4.79 Å². The Morgan fingerprint density at radius 1 is 0.509 bits per heavy atom. The van der Waals surface area contributed by atoms with Crippen LogP contribution >= 0.6 is 0 Å². The number of hydrogen-bond acceptors (Lipinski definition) is 9. The summed E-state index contributed by atoms with van der Waals surface area (Å²) >= 11 is 0. The average Bonchev–Trinajstić information content (AvgIpc) is 3.77. The molecule has 9 nitrogen and oxygen atoms in total. The van der Waals surface area contributed by atoms with Crippen LogP contribution in [0, 0.1) is 13.8 Å². The molecule has 7 aromatic rings. The van der Waals surface area contributed by atoms with E-state index in [1.807, 2.05) is 147 Å². The van der Waals surface area contributed by atoms with Crippen molar-refractivity contribution in [2.24, 2.45) is 0 Å². The van der Waals surface area contributed by atoms with Gasteiger partial charge in [-0.3, -0.25) is 4.79 Å². The van der Waals surface area contributed by atoms with Gasteiger partial charge in [-0.1, -0.05) is 72.8 Å². The highest BCUT2D eigenvalue weighted by Gasteiger charge is 2.14. The molecule has 0 amide bonds. The Balaban J connectivity index is 0.832. The lowest BCUT2D eigenvalue weighted by Gasteiger charge is -2.10. The Labute approximate surface area is 307 Å². The molecule has 9 heteroatoms. The van der Waals surface area contributed by atoms with Gasteiger partial charge in [0.15, 0.2) is 0 Å². The molecule has 0 aliphatic carbocycles. The molecule has 266 valence electrons. The fraction of sp³-hybridized carbons (Fsp3) is 0.159. The SMILES string of the molecule is Cc1oc(-c2ccccc2)nc1COc1ccc(COC(=O)Cc2cccc(OCc3ccc(OCc4nc(-c5ccccc5)oc4C)cc3)c2)cc1. The molecular weight excluding hydrogens is 668 g/mol. The number of benzene rings is 5. The number of nitrogens with zero attached hydrogens (tertiary/aromatic N) is 2. The molecule has 0 atom stereocenters. The standard InChI is InChI=1S/C44H38N2O7/c1-30-40(45-43(52-30)35-11-5-3-6-12-35)28-49-37-20-16-32(17-21-37)26-48-39-15-9-10-34(24-39)25-42(47)51-27-33-18-22-38(23-19-33)50-29-41-31(2)53-44(46-41)36-13-7-4-8-14-36/h3-24H,25-29H2,1-2H3. The van der Waals surface area contributed by atoms with Crippen LogP contribution < -0.4 is 14.2 Å². The molecule has 0 N–H and O–H groups in total. The Morgan fingerprint density at radius 3 is 1.53 bits per heavy atom. The molecule has 0 unspecified atom stereocenters. The van der Waals surface area contributed by atoms with E-state index >= 15 is 0 Å². The van der Waals surface area contributed by atoms with Crippen LogP contribution in [-0.4, -0.2) is 15.9 Å². The highest BCUT2D eigenvalue weighted by molar-refractivity contribution is 5.72. The van der Waals surface area contributed by atoms with Crippen LogP contribution in [0.4, 0.5) is 0 Å². The van der Waals surface area contributed by atoms with E-state index in [-0.39, 0.29) is 25.6 Å². The monoisotopic (exact) mass is 706 g/mol. The van der Waals surface area contributed by atoms with E-state index in [2.05, 4.69) is 9.97 Å². The summed E-state index contributed by atoms with van der Waals surface area (Å²) in [4.78, 5) is 21.9. The van der Waals surface area contributed by atoms with Crippen molar-refractivity contribution >= 4 is 5.97 Å². The maximum atomic E-state index is 12.7. The molecule has 2 aromatic heterocycles. The molecule has 2 heterocycles. The van der Waals surface area contributed by atoms with E-state index < -0.39 is 0 Å². The van der Waals surface area contributed by atoms with Crippen LogP contribution in [0.1, 0.15) is 39.6 Å². The number of carbonyl (C=O) groups is 1. The minimum atomic E-state index is -0.328. The fourth-order valence-corrected chi connectivity index (χ4v) is 5.49. The molecule has 0 aliphatic rings. The molecule has 0 spiro atoms. The number of carbonyl (C=O) groups excluding carboxylic acids is 1. The zero-order chi connectivity index (χ0) is 36.4. The highest BCUT2D eigenvalue weighted by atomic mass is 16.5. The maximum absolute atomic E-state index is 12.7. The van der Waals surface area contributed by atoms with Crippen molar-refractivity contribution in [1.29, 1.82) is 0 Å². The molecule has 0 radical (unpaired) electrons. The van der Waals surface area contributed by atoms with Gasteiger partial charge < -0.3 is 27.8 Å². The van der Waals surface area contributed by atoms with Gasteiger partial charge in [-0.05, 0) is 91.2 Å². The first-order valence-electron chi connectivity index (χ1n) is 17.3. The van der Waals surface area contributed by atoms with Gasteiger partial charge in [0, 0.05) is 11.1 Å². The van der Waals surface area contributed by atoms with Crippen LogP contribution in [0.25, 0.3) is 22.9 Å². The Kier molecular flexibility index (Phi) is 10.9. The lowest BCUT2D eigenvalue weighted by molar-refractivity contribution is -0.144. The van der Waals surface area contributed by atoms with Crippen molar-refractivity contribution in [2.75, 3.05) is 0 Å². The quantitative estimate of drug-likeness (QED) is 0.0964. The Bertz CT molecular complexity index is 2240. The van der Waals surface area contributed by atoms with Gasteiger partial charge in [0.05, 0.1) is 6.42 Å². The smallest absolute Gasteiger partial charge is 0.310 e. The zero-order valence-corrected chi connectivity index (χ0v) is 29.5. The van der Waals surface area contributed by atoms with Gasteiger partial charge in [-0.2, -0.15) is 0 Å². The summed E-state index contributed by atoms with van der Waals surface area (Å²) < 4.78 is 35.1. The fourth-order valence-electron chi connectivity index (χ4n) is 5.49. The lowest BCUT2D eigenvalue weighted by atomic mass is 10.1. The topological polar surface area (TPSA) is 106 Å². The summed E-state index contributed by atoms with van der Waals surface area (Å²) in [6, 6.07) is 42.2. The summed E-state index contributed by atoms with van der Waals surface area (Å²) in [7, 11) is 0. The van der Waals surface area contributed by atoms with E-state index in [1.165, 1.54) is 0 Å². The number of oxazole rings is 2. The molecular formula is C44H38N2O7. The second kappa shape index (κ2) is 16.6. The third-order valence-corrected chi connectivity index (χ3v) is 8.48. The second-order valence-corrected chi connectivity index (χ2v) is 12.4. The van der Waals surface area contributed by atoms with Gasteiger partial charge in [-0.25, -0.2) is 9.97 Å². The maximum Gasteiger partial charge on any atom is 0.310 e. The van der Waals surface area contributed by atoms with Gasteiger partial charge in [0.25, 0.3) is 0 Å². The van der Waals surface area contributed by atoms with Crippen LogP contribution in [0.5, 0.6) is 17.2 Å².